The normalized spacial score (nSPS) is 14.2. The van der Waals surface area contributed by atoms with Gasteiger partial charge in [-0.15, -0.1) is 0 Å². The van der Waals surface area contributed by atoms with Crippen molar-refractivity contribution in [3.05, 3.63) is 24.3 Å². The van der Waals surface area contributed by atoms with Gasteiger partial charge < -0.3 is 15.5 Å². The van der Waals surface area contributed by atoms with Crippen molar-refractivity contribution in [2.45, 2.75) is 26.2 Å². The van der Waals surface area contributed by atoms with Crippen LogP contribution < -0.4 is 15.5 Å². The van der Waals surface area contributed by atoms with Gasteiger partial charge in [-0.1, -0.05) is 6.07 Å². The van der Waals surface area contributed by atoms with Crippen LogP contribution in [-0.4, -0.2) is 31.4 Å². The number of carbonyl (C=O) groups excluding carboxylic acids is 2. The first-order chi connectivity index (χ1) is 9.65. The third-order valence-electron chi connectivity index (χ3n) is 3.33. The summed E-state index contributed by atoms with van der Waals surface area (Å²) in [5, 5.41) is 5.47. The van der Waals surface area contributed by atoms with Crippen LogP contribution in [0.2, 0.25) is 0 Å². The molecule has 1 aliphatic heterocycles. The molecule has 0 atom stereocenters. The summed E-state index contributed by atoms with van der Waals surface area (Å²) in [5.74, 6) is -0.203. The van der Waals surface area contributed by atoms with E-state index in [9.17, 15) is 9.59 Å². The number of anilines is 2. The minimum absolute atomic E-state index is 0.0858. The van der Waals surface area contributed by atoms with Crippen LogP contribution in [0.1, 0.15) is 26.2 Å². The molecule has 2 rings (SSSR count). The Morgan fingerprint density at radius 2 is 2.00 bits per heavy atom. The van der Waals surface area contributed by atoms with Crippen molar-refractivity contribution in [2.24, 2.45) is 0 Å². The van der Waals surface area contributed by atoms with E-state index in [0.717, 1.165) is 24.5 Å². The smallest absolute Gasteiger partial charge is 0.226 e. The molecule has 1 fully saturated rings. The second kappa shape index (κ2) is 6.93. The topological polar surface area (TPSA) is 61.4 Å². The van der Waals surface area contributed by atoms with Crippen LogP contribution in [-0.2, 0) is 9.59 Å². The van der Waals surface area contributed by atoms with Gasteiger partial charge >= 0.3 is 0 Å². The van der Waals surface area contributed by atoms with E-state index in [0.29, 0.717) is 6.54 Å². The van der Waals surface area contributed by atoms with Crippen LogP contribution >= 0.6 is 0 Å². The lowest BCUT2D eigenvalue weighted by atomic mass is 10.2. The molecule has 5 heteroatoms. The maximum atomic E-state index is 11.8. The van der Waals surface area contributed by atoms with E-state index in [-0.39, 0.29) is 18.2 Å². The highest BCUT2D eigenvalue weighted by molar-refractivity contribution is 5.91. The molecule has 1 aliphatic rings. The molecular weight excluding hydrogens is 254 g/mol. The van der Waals surface area contributed by atoms with Crippen molar-refractivity contribution in [3.8, 4) is 0 Å². The van der Waals surface area contributed by atoms with Gasteiger partial charge in [0.2, 0.25) is 11.8 Å². The van der Waals surface area contributed by atoms with Gasteiger partial charge in [0.05, 0.1) is 0 Å². The Kier molecular flexibility index (Phi) is 4.98. The van der Waals surface area contributed by atoms with E-state index in [1.807, 2.05) is 18.2 Å². The molecule has 0 aliphatic carbocycles. The minimum atomic E-state index is -0.117. The van der Waals surface area contributed by atoms with Gasteiger partial charge in [0.15, 0.2) is 0 Å². The monoisotopic (exact) mass is 275 g/mol. The lowest BCUT2D eigenvalue weighted by Gasteiger charge is -2.18. The summed E-state index contributed by atoms with van der Waals surface area (Å²) in [6.45, 7) is 3.98. The van der Waals surface area contributed by atoms with Crippen LogP contribution in [0, 0.1) is 0 Å². The number of nitrogens with one attached hydrogen (secondary N) is 2. The molecular formula is C15H21N3O2. The first-order valence-corrected chi connectivity index (χ1v) is 7.04. The summed E-state index contributed by atoms with van der Waals surface area (Å²) in [4.78, 5) is 24.8. The Balaban J connectivity index is 1.87. The lowest BCUT2D eigenvalue weighted by molar-refractivity contribution is -0.119. The lowest BCUT2D eigenvalue weighted by Crippen LogP contribution is -2.25. The zero-order chi connectivity index (χ0) is 14.4. The zero-order valence-corrected chi connectivity index (χ0v) is 11.8. The molecule has 0 saturated carbocycles. The highest BCUT2D eigenvalue weighted by Crippen LogP contribution is 2.23. The van der Waals surface area contributed by atoms with Crippen molar-refractivity contribution < 1.29 is 9.59 Å². The SMILES string of the molecule is CC(=O)NCCC(=O)Nc1cccc(N2CCCC2)c1. The number of hydrogen-bond acceptors (Lipinski definition) is 3. The number of nitrogens with zero attached hydrogens (tertiary/aromatic N) is 1. The third kappa shape index (κ3) is 4.26. The fourth-order valence-corrected chi connectivity index (χ4v) is 2.33. The number of rotatable bonds is 5. The van der Waals surface area contributed by atoms with Crippen molar-refractivity contribution in [2.75, 3.05) is 29.9 Å². The van der Waals surface area contributed by atoms with E-state index in [1.54, 1.807) is 0 Å². The molecule has 5 nitrogen and oxygen atoms in total. The molecule has 1 heterocycles. The van der Waals surface area contributed by atoms with E-state index in [4.69, 9.17) is 0 Å². The summed E-state index contributed by atoms with van der Waals surface area (Å²) >= 11 is 0. The zero-order valence-electron chi connectivity index (χ0n) is 11.8. The highest BCUT2D eigenvalue weighted by atomic mass is 16.2. The van der Waals surface area contributed by atoms with Gasteiger partial charge in [0.25, 0.3) is 0 Å². The molecule has 2 amide bonds. The Morgan fingerprint density at radius 3 is 2.70 bits per heavy atom. The molecule has 0 unspecified atom stereocenters. The Labute approximate surface area is 119 Å². The molecule has 108 valence electrons. The largest absolute Gasteiger partial charge is 0.371 e. The van der Waals surface area contributed by atoms with Gasteiger partial charge in [-0.3, -0.25) is 9.59 Å². The van der Waals surface area contributed by atoms with E-state index >= 15 is 0 Å². The number of amides is 2. The van der Waals surface area contributed by atoms with Gasteiger partial charge in [-0.05, 0) is 31.0 Å². The van der Waals surface area contributed by atoms with E-state index < -0.39 is 0 Å². The highest BCUT2D eigenvalue weighted by Gasteiger charge is 2.12. The summed E-state index contributed by atoms with van der Waals surface area (Å²) in [6, 6.07) is 7.91. The van der Waals surface area contributed by atoms with Crippen LogP contribution in [0.3, 0.4) is 0 Å². The molecule has 2 N–H and O–H groups in total. The third-order valence-corrected chi connectivity index (χ3v) is 3.33. The minimum Gasteiger partial charge on any atom is -0.371 e. The average molecular weight is 275 g/mol. The standard InChI is InChI=1S/C15H21N3O2/c1-12(19)16-8-7-15(20)17-13-5-4-6-14(11-13)18-9-2-3-10-18/h4-6,11H,2-3,7-10H2,1H3,(H,16,19)(H,17,20). The van der Waals surface area contributed by atoms with Crippen molar-refractivity contribution >= 4 is 23.2 Å². The van der Waals surface area contributed by atoms with Crippen LogP contribution in [0.5, 0.6) is 0 Å². The first-order valence-electron chi connectivity index (χ1n) is 7.04. The summed E-state index contributed by atoms with van der Waals surface area (Å²) < 4.78 is 0. The summed E-state index contributed by atoms with van der Waals surface area (Å²) in [5.41, 5.74) is 1.96. The summed E-state index contributed by atoms with van der Waals surface area (Å²) in [6.07, 6.45) is 2.74. The average Bonchev–Trinajstić information content (AvgIpc) is 2.92. The number of benzene rings is 1. The van der Waals surface area contributed by atoms with Gasteiger partial charge in [-0.25, -0.2) is 0 Å². The molecule has 0 aromatic heterocycles. The predicted molar refractivity (Wildman–Crippen MR) is 79.8 cm³/mol. The Morgan fingerprint density at radius 1 is 1.25 bits per heavy atom. The number of hydrogen-bond donors (Lipinski definition) is 2. The van der Waals surface area contributed by atoms with Crippen molar-refractivity contribution in [3.63, 3.8) is 0 Å². The van der Waals surface area contributed by atoms with E-state index in [2.05, 4.69) is 21.6 Å². The number of carbonyl (C=O) groups is 2. The summed E-state index contributed by atoms with van der Waals surface area (Å²) in [7, 11) is 0. The predicted octanol–water partition coefficient (Wildman–Crippen LogP) is 1.75. The van der Waals surface area contributed by atoms with Crippen LogP contribution in [0.4, 0.5) is 11.4 Å². The molecule has 1 saturated heterocycles. The van der Waals surface area contributed by atoms with Crippen LogP contribution in [0.25, 0.3) is 0 Å². The first kappa shape index (κ1) is 14.4. The Bertz CT molecular complexity index is 482. The Hall–Kier alpha value is -2.04. The maximum Gasteiger partial charge on any atom is 0.226 e. The molecule has 0 spiro atoms. The molecule has 0 bridgehead atoms. The quantitative estimate of drug-likeness (QED) is 0.860. The van der Waals surface area contributed by atoms with Crippen molar-refractivity contribution in [1.29, 1.82) is 0 Å². The fourth-order valence-electron chi connectivity index (χ4n) is 2.33. The van der Waals surface area contributed by atoms with Crippen molar-refractivity contribution in [1.82, 2.24) is 5.32 Å². The second-order valence-corrected chi connectivity index (χ2v) is 5.03. The maximum absolute atomic E-state index is 11.8. The fraction of sp³-hybridized carbons (Fsp3) is 0.467. The van der Waals surface area contributed by atoms with Gasteiger partial charge in [-0.2, -0.15) is 0 Å². The van der Waals surface area contributed by atoms with Gasteiger partial charge in [0, 0.05) is 44.4 Å². The molecule has 1 aromatic rings. The molecule has 1 aromatic carbocycles. The molecule has 20 heavy (non-hydrogen) atoms. The second-order valence-electron chi connectivity index (χ2n) is 5.03. The van der Waals surface area contributed by atoms with E-state index in [1.165, 1.54) is 19.8 Å². The van der Waals surface area contributed by atoms with Crippen LogP contribution in [0.15, 0.2) is 24.3 Å². The van der Waals surface area contributed by atoms with Gasteiger partial charge in [0.1, 0.15) is 0 Å². The molecule has 0 radical (unpaired) electrons.